The zero-order valence-electron chi connectivity index (χ0n) is 27.5. The van der Waals surface area contributed by atoms with E-state index in [1.165, 1.54) is 87.1 Å². The summed E-state index contributed by atoms with van der Waals surface area (Å²) in [5, 5.41) is 12.2. The lowest BCUT2D eigenvalue weighted by molar-refractivity contribution is 0.669. The van der Waals surface area contributed by atoms with Crippen LogP contribution in [-0.4, -0.2) is 9.13 Å². The van der Waals surface area contributed by atoms with Crippen molar-refractivity contribution < 1.29 is 4.42 Å². The van der Waals surface area contributed by atoms with E-state index in [0.29, 0.717) is 0 Å². The van der Waals surface area contributed by atoms with Crippen molar-refractivity contribution in [2.24, 2.45) is 0 Å². The Bertz CT molecular complexity index is 3340. The zero-order chi connectivity index (χ0) is 33.2. The van der Waals surface area contributed by atoms with Crippen LogP contribution < -0.4 is 0 Å². The van der Waals surface area contributed by atoms with E-state index < -0.39 is 0 Å². The molecule has 9 aromatic carbocycles. The van der Waals surface area contributed by atoms with Crippen molar-refractivity contribution in [2.75, 3.05) is 0 Å². The molecule has 0 bridgehead atoms. The van der Waals surface area contributed by atoms with Gasteiger partial charge in [0.05, 0.1) is 27.8 Å². The molecule has 0 saturated carbocycles. The average Bonchev–Trinajstić information content (AvgIpc) is 3.86. The van der Waals surface area contributed by atoms with E-state index in [0.717, 1.165) is 22.5 Å². The molecule has 3 aromatic heterocycles. The van der Waals surface area contributed by atoms with Gasteiger partial charge in [-0.25, -0.2) is 0 Å². The van der Waals surface area contributed by atoms with Crippen molar-refractivity contribution in [3.63, 3.8) is 0 Å². The van der Waals surface area contributed by atoms with Gasteiger partial charge >= 0.3 is 0 Å². The van der Waals surface area contributed by atoms with E-state index in [9.17, 15) is 0 Å². The van der Waals surface area contributed by atoms with E-state index in [2.05, 4.69) is 179 Å². The molecule has 51 heavy (non-hydrogen) atoms. The fraction of sp³-hybridized carbons (Fsp3) is 0. The Hall–Kier alpha value is -6.84. The molecular formula is C48H28N2O. The zero-order valence-corrected chi connectivity index (χ0v) is 27.5. The highest BCUT2D eigenvalue weighted by Crippen LogP contribution is 2.48. The Balaban J connectivity index is 1.34. The van der Waals surface area contributed by atoms with Crippen molar-refractivity contribution in [2.45, 2.75) is 0 Å². The minimum atomic E-state index is 0.913. The Kier molecular flexibility index (Phi) is 5.23. The molecule has 0 atom stereocenters. The highest BCUT2D eigenvalue weighted by molar-refractivity contribution is 6.35. The number of nitrogens with zero attached hydrogens (tertiary/aromatic N) is 2. The maximum Gasteiger partial charge on any atom is 0.136 e. The first-order valence-corrected chi connectivity index (χ1v) is 17.5. The number of fused-ring (bicyclic) bond motifs is 10. The lowest BCUT2D eigenvalue weighted by Crippen LogP contribution is -2.00. The Morgan fingerprint density at radius 2 is 0.941 bits per heavy atom. The minimum Gasteiger partial charge on any atom is -0.456 e. The van der Waals surface area contributed by atoms with Gasteiger partial charge in [-0.05, 0) is 75.8 Å². The molecule has 3 heteroatoms. The van der Waals surface area contributed by atoms with Crippen LogP contribution in [0.15, 0.2) is 174 Å². The second-order valence-corrected chi connectivity index (χ2v) is 13.6. The summed E-state index contributed by atoms with van der Waals surface area (Å²) in [6.07, 6.45) is 0. The summed E-state index contributed by atoms with van der Waals surface area (Å²) >= 11 is 0. The van der Waals surface area contributed by atoms with Crippen molar-refractivity contribution in [1.29, 1.82) is 0 Å². The summed E-state index contributed by atoms with van der Waals surface area (Å²) < 4.78 is 11.6. The highest BCUT2D eigenvalue weighted by atomic mass is 16.3. The van der Waals surface area contributed by atoms with E-state index in [-0.39, 0.29) is 0 Å². The molecule has 0 aliphatic rings. The number of aromatic nitrogens is 2. The van der Waals surface area contributed by atoms with Gasteiger partial charge in [0, 0.05) is 43.4 Å². The molecule has 0 aliphatic heterocycles. The molecule has 236 valence electrons. The highest BCUT2D eigenvalue weighted by Gasteiger charge is 2.25. The number of hydrogen-bond acceptors (Lipinski definition) is 1. The van der Waals surface area contributed by atoms with Crippen molar-refractivity contribution >= 4 is 87.1 Å². The SMILES string of the molecule is c1ccc(-c2ccc3c(c2)c2c(-n4c5ccccc5c5ccc6c7ccccc7n(-c7ccccc7)c6c54)ccc4oc5cccc3c5c42)cc1. The van der Waals surface area contributed by atoms with Gasteiger partial charge in [0.2, 0.25) is 0 Å². The third-order valence-corrected chi connectivity index (χ3v) is 11.1. The van der Waals surface area contributed by atoms with Gasteiger partial charge in [0.15, 0.2) is 0 Å². The number of hydrogen-bond donors (Lipinski definition) is 0. The molecule has 3 nitrogen and oxygen atoms in total. The van der Waals surface area contributed by atoms with Crippen LogP contribution in [0, 0.1) is 0 Å². The minimum absolute atomic E-state index is 0.913. The molecule has 0 fully saturated rings. The molecule has 3 heterocycles. The van der Waals surface area contributed by atoms with Crippen LogP contribution in [-0.2, 0) is 0 Å². The fourth-order valence-corrected chi connectivity index (χ4v) is 8.97. The molecule has 0 spiro atoms. The summed E-state index contributed by atoms with van der Waals surface area (Å²) in [4.78, 5) is 0. The van der Waals surface area contributed by atoms with Crippen LogP contribution in [0.25, 0.3) is 110 Å². The topological polar surface area (TPSA) is 23.0 Å². The van der Waals surface area contributed by atoms with Gasteiger partial charge < -0.3 is 13.6 Å². The normalized spacial score (nSPS) is 12.3. The summed E-state index contributed by atoms with van der Waals surface area (Å²) in [5.41, 5.74) is 11.3. The fourth-order valence-electron chi connectivity index (χ4n) is 8.97. The third kappa shape index (κ3) is 3.52. The smallest absolute Gasteiger partial charge is 0.136 e. The van der Waals surface area contributed by atoms with Crippen LogP contribution in [0.5, 0.6) is 0 Å². The first-order chi connectivity index (χ1) is 25.3. The van der Waals surface area contributed by atoms with Gasteiger partial charge in [0.25, 0.3) is 0 Å². The first-order valence-electron chi connectivity index (χ1n) is 17.5. The summed E-state index contributed by atoms with van der Waals surface area (Å²) in [6.45, 7) is 0. The van der Waals surface area contributed by atoms with Crippen LogP contribution in [0.4, 0.5) is 0 Å². The van der Waals surface area contributed by atoms with Crippen LogP contribution >= 0.6 is 0 Å². The molecule has 0 aliphatic carbocycles. The molecule has 12 aromatic rings. The van der Waals surface area contributed by atoms with Crippen LogP contribution in [0.2, 0.25) is 0 Å². The third-order valence-electron chi connectivity index (χ3n) is 11.1. The second-order valence-electron chi connectivity index (χ2n) is 13.6. The number of benzene rings is 9. The molecular weight excluding hydrogens is 621 g/mol. The van der Waals surface area contributed by atoms with Crippen molar-refractivity contribution in [3.8, 4) is 22.5 Å². The average molecular weight is 649 g/mol. The summed E-state index contributed by atoms with van der Waals surface area (Å²) in [5.74, 6) is 0. The van der Waals surface area contributed by atoms with Crippen molar-refractivity contribution in [3.05, 3.63) is 170 Å². The maximum absolute atomic E-state index is 6.62. The maximum atomic E-state index is 6.62. The van der Waals surface area contributed by atoms with Gasteiger partial charge in [-0.3, -0.25) is 0 Å². The van der Waals surface area contributed by atoms with E-state index in [1.807, 2.05) is 0 Å². The Labute approximate surface area is 292 Å². The number of furan rings is 1. The Morgan fingerprint density at radius 1 is 0.333 bits per heavy atom. The molecule has 0 unspecified atom stereocenters. The largest absolute Gasteiger partial charge is 0.456 e. The number of para-hydroxylation sites is 3. The summed E-state index contributed by atoms with van der Waals surface area (Å²) in [6, 6.07) is 61.7. The van der Waals surface area contributed by atoms with Crippen LogP contribution in [0.1, 0.15) is 0 Å². The predicted molar refractivity (Wildman–Crippen MR) is 214 cm³/mol. The molecule has 0 saturated heterocycles. The monoisotopic (exact) mass is 648 g/mol. The Morgan fingerprint density at radius 3 is 1.71 bits per heavy atom. The van der Waals surface area contributed by atoms with Gasteiger partial charge in [-0.2, -0.15) is 0 Å². The molecule has 0 amide bonds. The van der Waals surface area contributed by atoms with E-state index in [4.69, 9.17) is 4.42 Å². The van der Waals surface area contributed by atoms with E-state index >= 15 is 0 Å². The lowest BCUT2D eigenvalue weighted by Gasteiger charge is -2.17. The second kappa shape index (κ2) is 9.87. The van der Waals surface area contributed by atoms with Crippen LogP contribution in [0.3, 0.4) is 0 Å². The molecule has 12 rings (SSSR count). The molecule has 0 N–H and O–H groups in total. The standard InChI is InChI=1S/C48H28N2O/c1-3-12-29(13-4-1)30-22-23-32-35-18-11-21-42-45(35)46-43(51-42)27-26-41(44(46)38(32)28-30)50-40-20-10-8-17-34(40)37-25-24-36-33-16-7-9-19-39(33)49(47(36)48(37)50)31-14-5-2-6-15-31/h1-28H. The first kappa shape index (κ1) is 27.0. The van der Waals surface area contributed by atoms with Gasteiger partial charge in [0.1, 0.15) is 11.2 Å². The molecule has 0 radical (unpaired) electrons. The van der Waals surface area contributed by atoms with Gasteiger partial charge in [-0.1, -0.05) is 121 Å². The van der Waals surface area contributed by atoms with Crippen molar-refractivity contribution in [1.82, 2.24) is 9.13 Å². The van der Waals surface area contributed by atoms with E-state index in [1.54, 1.807) is 0 Å². The lowest BCUT2D eigenvalue weighted by atomic mass is 9.91. The summed E-state index contributed by atoms with van der Waals surface area (Å²) in [7, 11) is 0. The number of rotatable bonds is 3. The van der Waals surface area contributed by atoms with Gasteiger partial charge in [-0.15, -0.1) is 0 Å². The predicted octanol–water partition coefficient (Wildman–Crippen LogP) is 13.2. The quantitative estimate of drug-likeness (QED) is 0.175.